The summed E-state index contributed by atoms with van der Waals surface area (Å²) in [6.45, 7) is 4.67. The minimum Gasteiger partial charge on any atom is -0.399 e. The van der Waals surface area contributed by atoms with Crippen molar-refractivity contribution in [2.24, 2.45) is 10.7 Å². The molecule has 0 spiro atoms. The summed E-state index contributed by atoms with van der Waals surface area (Å²) in [5, 5.41) is 0. The maximum atomic E-state index is 5.81. The van der Waals surface area contributed by atoms with Crippen molar-refractivity contribution < 1.29 is 4.74 Å². The van der Waals surface area contributed by atoms with Gasteiger partial charge in [-0.05, 0) is 24.1 Å². The van der Waals surface area contributed by atoms with E-state index < -0.39 is 5.54 Å². The van der Waals surface area contributed by atoms with Crippen molar-refractivity contribution in [2.45, 2.75) is 12.0 Å². The Balaban J connectivity index is 2.47. The van der Waals surface area contributed by atoms with Crippen molar-refractivity contribution in [1.29, 1.82) is 0 Å². The number of nitrogens with zero attached hydrogens (tertiary/aromatic N) is 1. The Morgan fingerprint density at radius 3 is 2.94 bits per heavy atom. The molecule has 0 saturated carbocycles. The Morgan fingerprint density at radius 1 is 1.47 bits per heavy atom. The zero-order chi connectivity index (χ0) is 12.3. The molecule has 0 radical (unpaired) electrons. The molecule has 0 aliphatic carbocycles. The van der Waals surface area contributed by atoms with Crippen LogP contribution in [-0.4, -0.2) is 19.0 Å². The van der Waals surface area contributed by atoms with Crippen LogP contribution in [-0.2, 0) is 10.3 Å². The molecule has 4 heteroatoms. The maximum Gasteiger partial charge on any atom is 0.121 e. The molecule has 1 atom stereocenters. The number of anilines is 1. The van der Waals surface area contributed by atoms with E-state index in [0.29, 0.717) is 31.2 Å². The fourth-order valence-electron chi connectivity index (χ4n) is 2.10. The predicted octanol–water partition coefficient (Wildman–Crippen LogP) is 1.43. The number of benzene rings is 1. The van der Waals surface area contributed by atoms with Gasteiger partial charge in [-0.25, -0.2) is 0 Å². The van der Waals surface area contributed by atoms with E-state index in [1.807, 2.05) is 30.3 Å². The lowest BCUT2D eigenvalue weighted by atomic mass is 9.87. The first kappa shape index (κ1) is 11.7. The van der Waals surface area contributed by atoms with E-state index in [2.05, 4.69) is 11.6 Å². The Morgan fingerprint density at radius 2 is 2.29 bits per heavy atom. The van der Waals surface area contributed by atoms with Crippen molar-refractivity contribution in [2.75, 3.05) is 18.9 Å². The molecule has 0 amide bonds. The molecular formula is C13H17N3O. The molecule has 1 aromatic rings. The lowest BCUT2D eigenvalue weighted by molar-refractivity contribution is 0.0984. The summed E-state index contributed by atoms with van der Waals surface area (Å²) >= 11 is 0. The maximum absolute atomic E-state index is 5.81. The van der Waals surface area contributed by atoms with Crippen molar-refractivity contribution in [3.8, 4) is 0 Å². The summed E-state index contributed by atoms with van der Waals surface area (Å²) in [5.74, 6) is 0.514. The number of hydrogen-bond donors (Lipinski definition) is 2. The first-order chi connectivity index (χ1) is 8.16. The van der Waals surface area contributed by atoms with Gasteiger partial charge >= 0.3 is 0 Å². The van der Waals surface area contributed by atoms with Crippen molar-refractivity contribution in [3.05, 3.63) is 42.5 Å². The largest absolute Gasteiger partial charge is 0.399 e. The van der Waals surface area contributed by atoms with Crippen molar-refractivity contribution in [1.82, 2.24) is 0 Å². The molecule has 0 bridgehead atoms. The normalized spacial score (nSPS) is 24.1. The average Bonchev–Trinajstić information content (AvgIpc) is 2.29. The summed E-state index contributed by atoms with van der Waals surface area (Å²) in [5.41, 5.74) is 12.8. The number of rotatable bonds is 3. The molecule has 90 valence electrons. The van der Waals surface area contributed by atoms with Gasteiger partial charge in [0.25, 0.3) is 0 Å². The molecule has 0 aromatic heterocycles. The third kappa shape index (κ3) is 2.31. The lowest BCUT2D eigenvalue weighted by Gasteiger charge is -2.33. The number of hydrogen-bond acceptors (Lipinski definition) is 4. The second-order valence-corrected chi connectivity index (χ2v) is 4.25. The number of aliphatic imine (C=N–C) groups is 1. The number of nitrogens with two attached hydrogens (primary N) is 2. The van der Waals surface area contributed by atoms with Crippen LogP contribution in [0.5, 0.6) is 0 Å². The Kier molecular flexibility index (Phi) is 3.15. The number of nitrogen functional groups attached to an aromatic ring is 1. The van der Waals surface area contributed by atoms with Crippen LogP contribution < -0.4 is 11.5 Å². The Bertz CT molecular complexity index is 456. The second kappa shape index (κ2) is 4.59. The Hall–Kier alpha value is -1.81. The zero-order valence-electron chi connectivity index (χ0n) is 9.73. The van der Waals surface area contributed by atoms with Gasteiger partial charge in [0, 0.05) is 5.69 Å². The van der Waals surface area contributed by atoms with Gasteiger partial charge in [0.1, 0.15) is 18.0 Å². The molecule has 0 saturated heterocycles. The Labute approximate surface area is 101 Å². The minimum atomic E-state index is -0.473. The molecule has 4 N–H and O–H groups in total. The van der Waals surface area contributed by atoms with Gasteiger partial charge in [-0.1, -0.05) is 18.2 Å². The average molecular weight is 231 g/mol. The first-order valence-electron chi connectivity index (χ1n) is 5.55. The lowest BCUT2D eigenvalue weighted by Crippen LogP contribution is -2.39. The number of amidine groups is 1. The van der Waals surface area contributed by atoms with Crippen molar-refractivity contribution in [3.63, 3.8) is 0 Å². The van der Waals surface area contributed by atoms with Crippen LogP contribution in [0.1, 0.15) is 12.0 Å². The van der Waals surface area contributed by atoms with E-state index in [1.165, 1.54) is 0 Å². The first-order valence-corrected chi connectivity index (χ1v) is 5.55. The SMILES string of the molecule is C=CCC1(c2cccc(N)c2)COCC(N)=N1. The highest BCUT2D eigenvalue weighted by Gasteiger charge is 2.34. The summed E-state index contributed by atoms with van der Waals surface area (Å²) in [6.07, 6.45) is 2.51. The highest BCUT2D eigenvalue weighted by molar-refractivity contribution is 5.82. The third-order valence-corrected chi connectivity index (χ3v) is 2.85. The fraction of sp³-hybridized carbons (Fsp3) is 0.308. The molecular weight excluding hydrogens is 214 g/mol. The molecule has 1 aliphatic rings. The van der Waals surface area contributed by atoms with E-state index in [4.69, 9.17) is 16.2 Å². The van der Waals surface area contributed by atoms with Gasteiger partial charge in [0.2, 0.25) is 0 Å². The van der Waals surface area contributed by atoms with Crippen LogP contribution in [0.2, 0.25) is 0 Å². The molecule has 1 aromatic carbocycles. The van der Waals surface area contributed by atoms with Crippen LogP contribution in [0.15, 0.2) is 41.9 Å². The van der Waals surface area contributed by atoms with Crippen LogP contribution >= 0.6 is 0 Å². The van der Waals surface area contributed by atoms with E-state index >= 15 is 0 Å². The minimum absolute atomic E-state index is 0.390. The monoisotopic (exact) mass is 231 g/mol. The van der Waals surface area contributed by atoms with Crippen LogP contribution in [0.25, 0.3) is 0 Å². The van der Waals surface area contributed by atoms with Gasteiger partial charge < -0.3 is 16.2 Å². The van der Waals surface area contributed by atoms with Gasteiger partial charge in [-0.2, -0.15) is 0 Å². The van der Waals surface area contributed by atoms with Gasteiger partial charge in [-0.15, -0.1) is 6.58 Å². The standard InChI is InChI=1S/C13H17N3O/c1-2-6-13(9-17-8-12(15)16-13)10-4-3-5-11(14)7-10/h2-5,7H,1,6,8-9,14H2,(H2,15,16). The van der Waals surface area contributed by atoms with Crippen molar-refractivity contribution >= 4 is 11.5 Å². The summed E-state index contributed by atoms with van der Waals surface area (Å²) in [7, 11) is 0. The molecule has 2 rings (SSSR count). The predicted molar refractivity (Wildman–Crippen MR) is 69.8 cm³/mol. The topological polar surface area (TPSA) is 73.6 Å². The van der Waals surface area contributed by atoms with E-state index in [0.717, 1.165) is 5.56 Å². The van der Waals surface area contributed by atoms with Gasteiger partial charge in [0.15, 0.2) is 0 Å². The summed E-state index contributed by atoms with van der Waals surface area (Å²) in [4.78, 5) is 4.56. The summed E-state index contributed by atoms with van der Waals surface area (Å²) in [6, 6.07) is 7.66. The molecule has 1 aliphatic heterocycles. The molecule has 0 fully saturated rings. The highest BCUT2D eigenvalue weighted by atomic mass is 16.5. The van der Waals surface area contributed by atoms with Gasteiger partial charge in [0.05, 0.1) is 6.61 Å². The van der Waals surface area contributed by atoms with E-state index in [1.54, 1.807) is 0 Å². The smallest absolute Gasteiger partial charge is 0.121 e. The van der Waals surface area contributed by atoms with Gasteiger partial charge in [-0.3, -0.25) is 4.99 Å². The molecule has 1 unspecified atom stereocenters. The molecule has 1 heterocycles. The molecule has 4 nitrogen and oxygen atoms in total. The molecule has 17 heavy (non-hydrogen) atoms. The third-order valence-electron chi connectivity index (χ3n) is 2.85. The summed E-state index contributed by atoms with van der Waals surface area (Å²) < 4.78 is 5.50. The number of ether oxygens (including phenoxy) is 1. The van der Waals surface area contributed by atoms with Crippen LogP contribution in [0.3, 0.4) is 0 Å². The van der Waals surface area contributed by atoms with Crippen LogP contribution in [0, 0.1) is 0 Å². The quantitative estimate of drug-likeness (QED) is 0.610. The van der Waals surface area contributed by atoms with E-state index in [9.17, 15) is 0 Å². The second-order valence-electron chi connectivity index (χ2n) is 4.25. The highest BCUT2D eigenvalue weighted by Crippen LogP contribution is 2.33. The van der Waals surface area contributed by atoms with E-state index in [-0.39, 0.29) is 0 Å². The fourth-order valence-corrected chi connectivity index (χ4v) is 2.10. The zero-order valence-corrected chi connectivity index (χ0v) is 9.73. The van der Waals surface area contributed by atoms with Crippen LogP contribution in [0.4, 0.5) is 5.69 Å².